The quantitative estimate of drug-likeness (QED) is 0.317. The van der Waals surface area contributed by atoms with Crippen LogP contribution in [-0.2, 0) is 16.0 Å². The van der Waals surface area contributed by atoms with E-state index in [9.17, 15) is 18.8 Å². The lowest BCUT2D eigenvalue weighted by molar-refractivity contribution is -0.122. The van der Waals surface area contributed by atoms with Gasteiger partial charge in [-0.15, -0.1) is 0 Å². The summed E-state index contributed by atoms with van der Waals surface area (Å²) in [4.78, 5) is 39.2. The van der Waals surface area contributed by atoms with Crippen molar-refractivity contribution in [2.45, 2.75) is 13.3 Å². The molecule has 3 aromatic rings. The number of methoxy groups -OCH3 is 1. The molecule has 0 aliphatic carbocycles. The van der Waals surface area contributed by atoms with Crippen molar-refractivity contribution in [3.05, 3.63) is 97.7 Å². The Morgan fingerprint density at radius 2 is 1.86 bits per heavy atom. The number of anilines is 1. The van der Waals surface area contributed by atoms with Crippen LogP contribution in [0.1, 0.15) is 22.3 Å². The molecule has 0 unspecified atom stereocenters. The standard InChI is InChI=1S/C26H19BrClFN2O4/c1-14-20(28)7-5-9-22(14)31-25(33)18(24(32)30-26(31)34)10-15-11-19(27)17(23(12-15)35-2)13-16-6-3-4-8-21(16)29/h3-12H,13H2,1-2H3,(H,30,32,34)/b18-10+. The first-order chi connectivity index (χ1) is 16.7. The predicted octanol–water partition coefficient (Wildman–Crippen LogP) is 5.82. The number of hydrogen-bond donors (Lipinski definition) is 1. The van der Waals surface area contributed by atoms with Crippen molar-refractivity contribution >= 4 is 57.1 Å². The lowest BCUT2D eigenvalue weighted by Crippen LogP contribution is -2.54. The van der Waals surface area contributed by atoms with E-state index in [0.29, 0.717) is 37.5 Å². The number of rotatable bonds is 5. The summed E-state index contributed by atoms with van der Waals surface area (Å²) in [7, 11) is 1.48. The summed E-state index contributed by atoms with van der Waals surface area (Å²) < 4.78 is 20.3. The highest BCUT2D eigenvalue weighted by Gasteiger charge is 2.37. The first kappa shape index (κ1) is 24.6. The van der Waals surface area contributed by atoms with Gasteiger partial charge in [-0.1, -0.05) is 51.8 Å². The second kappa shape index (κ2) is 10.0. The van der Waals surface area contributed by atoms with E-state index in [0.717, 1.165) is 4.90 Å². The summed E-state index contributed by atoms with van der Waals surface area (Å²) in [5.74, 6) is -1.49. The van der Waals surface area contributed by atoms with Crippen LogP contribution >= 0.6 is 27.5 Å². The van der Waals surface area contributed by atoms with Crippen LogP contribution in [0.5, 0.6) is 5.75 Å². The van der Waals surface area contributed by atoms with Crippen molar-refractivity contribution in [2.24, 2.45) is 0 Å². The van der Waals surface area contributed by atoms with Gasteiger partial charge in [0, 0.05) is 21.5 Å². The van der Waals surface area contributed by atoms with Gasteiger partial charge in [0.15, 0.2) is 0 Å². The fourth-order valence-electron chi connectivity index (χ4n) is 3.78. The highest BCUT2D eigenvalue weighted by molar-refractivity contribution is 9.10. The highest BCUT2D eigenvalue weighted by atomic mass is 79.9. The molecule has 1 aliphatic heterocycles. The zero-order valence-corrected chi connectivity index (χ0v) is 21.0. The van der Waals surface area contributed by atoms with E-state index in [4.69, 9.17) is 16.3 Å². The third-order valence-electron chi connectivity index (χ3n) is 5.61. The summed E-state index contributed by atoms with van der Waals surface area (Å²) in [5, 5.41) is 2.58. The maximum absolute atomic E-state index is 14.2. The number of carbonyl (C=O) groups excluding carboxylic acids is 3. The number of amides is 4. The average Bonchev–Trinajstić information content (AvgIpc) is 2.82. The number of carbonyl (C=O) groups is 3. The Morgan fingerprint density at radius 3 is 2.57 bits per heavy atom. The molecule has 1 heterocycles. The molecule has 0 bridgehead atoms. The van der Waals surface area contributed by atoms with Crippen LogP contribution in [0, 0.1) is 12.7 Å². The molecule has 0 aromatic heterocycles. The molecule has 4 rings (SSSR count). The van der Waals surface area contributed by atoms with Gasteiger partial charge < -0.3 is 4.74 Å². The first-order valence-electron chi connectivity index (χ1n) is 10.5. The number of halogens is 3. The molecule has 0 saturated carbocycles. The van der Waals surface area contributed by atoms with E-state index in [1.807, 2.05) is 0 Å². The van der Waals surface area contributed by atoms with Crippen LogP contribution in [0.2, 0.25) is 5.02 Å². The molecule has 178 valence electrons. The monoisotopic (exact) mass is 556 g/mol. The molecule has 1 saturated heterocycles. The minimum Gasteiger partial charge on any atom is -0.496 e. The van der Waals surface area contributed by atoms with Crippen LogP contribution < -0.4 is 15.0 Å². The summed E-state index contributed by atoms with van der Waals surface area (Å²) in [6.07, 6.45) is 1.64. The minimum atomic E-state index is -0.860. The van der Waals surface area contributed by atoms with Gasteiger partial charge in [-0.2, -0.15) is 0 Å². The normalized spacial score (nSPS) is 14.9. The maximum atomic E-state index is 14.2. The molecular weight excluding hydrogens is 539 g/mol. The fourth-order valence-corrected chi connectivity index (χ4v) is 4.55. The van der Waals surface area contributed by atoms with E-state index < -0.39 is 17.8 Å². The van der Waals surface area contributed by atoms with E-state index in [1.54, 1.807) is 55.5 Å². The molecule has 35 heavy (non-hydrogen) atoms. The van der Waals surface area contributed by atoms with Crippen molar-refractivity contribution < 1.29 is 23.5 Å². The molecular formula is C26H19BrClFN2O4. The van der Waals surface area contributed by atoms with Crippen molar-refractivity contribution in [3.8, 4) is 5.75 Å². The molecule has 4 amide bonds. The smallest absolute Gasteiger partial charge is 0.335 e. The van der Waals surface area contributed by atoms with Gasteiger partial charge in [-0.05, 0) is 60.0 Å². The largest absolute Gasteiger partial charge is 0.496 e. The molecule has 0 radical (unpaired) electrons. The first-order valence-corrected chi connectivity index (χ1v) is 11.6. The zero-order chi connectivity index (χ0) is 25.3. The van der Waals surface area contributed by atoms with Crippen LogP contribution in [0.3, 0.4) is 0 Å². The molecule has 1 aliphatic rings. The van der Waals surface area contributed by atoms with Crippen LogP contribution in [-0.4, -0.2) is 25.0 Å². The fraction of sp³-hybridized carbons (Fsp3) is 0.115. The van der Waals surface area contributed by atoms with Gasteiger partial charge in [0.2, 0.25) is 0 Å². The Hall–Kier alpha value is -3.49. The number of ether oxygens (including phenoxy) is 1. The zero-order valence-electron chi connectivity index (χ0n) is 18.7. The third kappa shape index (κ3) is 4.85. The second-order valence-electron chi connectivity index (χ2n) is 7.79. The summed E-state index contributed by atoms with van der Waals surface area (Å²) >= 11 is 9.66. The third-order valence-corrected chi connectivity index (χ3v) is 6.73. The number of benzene rings is 3. The van der Waals surface area contributed by atoms with Crippen molar-refractivity contribution in [3.63, 3.8) is 0 Å². The molecule has 3 aromatic carbocycles. The van der Waals surface area contributed by atoms with Gasteiger partial charge in [0.25, 0.3) is 11.8 Å². The summed E-state index contributed by atoms with van der Waals surface area (Å²) in [6, 6.07) is 13.7. The second-order valence-corrected chi connectivity index (χ2v) is 9.06. The number of urea groups is 1. The van der Waals surface area contributed by atoms with Crippen LogP contribution in [0.25, 0.3) is 6.08 Å². The SMILES string of the molecule is COc1cc(/C=C2\C(=O)NC(=O)N(c3cccc(Cl)c3C)C2=O)cc(Br)c1Cc1ccccc1F. The van der Waals surface area contributed by atoms with Crippen molar-refractivity contribution in [1.29, 1.82) is 0 Å². The number of nitrogens with zero attached hydrogens (tertiary/aromatic N) is 1. The molecule has 1 N–H and O–H groups in total. The topological polar surface area (TPSA) is 75.7 Å². The van der Waals surface area contributed by atoms with Crippen molar-refractivity contribution in [1.82, 2.24) is 5.32 Å². The molecule has 6 nitrogen and oxygen atoms in total. The van der Waals surface area contributed by atoms with Crippen LogP contribution in [0.4, 0.5) is 14.9 Å². The van der Waals surface area contributed by atoms with E-state index in [2.05, 4.69) is 21.2 Å². The number of nitrogens with one attached hydrogen (secondary N) is 1. The summed E-state index contributed by atoms with van der Waals surface area (Å²) in [6.45, 7) is 1.67. The van der Waals surface area contributed by atoms with E-state index >= 15 is 0 Å². The average molecular weight is 558 g/mol. The Bertz CT molecular complexity index is 1410. The number of hydrogen-bond acceptors (Lipinski definition) is 4. The predicted molar refractivity (Wildman–Crippen MR) is 135 cm³/mol. The summed E-state index contributed by atoms with van der Waals surface area (Å²) in [5.41, 5.74) is 2.23. The van der Waals surface area contributed by atoms with Gasteiger partial charge in [-0.3, -0.25) is 14.9 Å². The van der Waals surface area contributed by atoms with Crippen molar-refractivity contribution in [2.75, 3.05) is 12.0 Å². The lowest BCUT2D eigenvalue weighted by atomic mass is 10.00. The molecule has 9 heteroatoms. The Morgan fingerprint density at radius 1 is 1.11 bits per heavy atom. The van der Waals surface area contributed by atoms with Gasteiger partial charge in [-0.25, -0.2) is 14.1 Å². The van der Waals surface area contributed by atoms with Gasteiger partial charge in [0.1, 0.15) is 17.1 Å². The Balaban J connectivity index is 1.73. The van der Waals surface area contributed by atoms with E-state index in [-0.39, 0.29) is 23.5 Å². The number of barbiturate groups is 1. The van der Waals surface area contributed by atoms with Gasteiger partial charge in [0.05, 0.1) is 12.8 Å². The van der Waals surface area contributed by atoms with E-state index in [1.165, 1.54) is 19.3 Å². The molecule has 0 spiro atoms. The molecule has 0 atom stereocenters. The maximum Gasteiger partial charge on any atom is 0.335 e. The molecule has 1 fully saturated rings. The van der Waals surface area contributed by atoms with Crippen LogP contribution in [0.15, 0.2) is 64.6 Å². The highest BCUT2D eigenvalue weighted by Crippen LogP contribution is 2.34. The number of imide groups is 2. The Labute approximate surface area is 214 Å². The minimum absolute atomic E-state index is 0.236. The van der Waals surface area contributed by atoms with Gasteiger partial charge >= 0.3 is 6.03 Å². The Kier molecular flexibility index (Phi) is 7.05. The lowest BCUT2D eigenvalue weighted by Gasteiger charge is -2.27.